The topological polar surface area (TPSA) is 12.4 Å². The first-order valence-electron chi connectivity index (χ1n) is 4.36. The van der Waals surface area contributed by atoms with Crippen LogP contribution in [0.1, 0.15) is 25.0 Å². The first-order chi connectivity index (χ1) is 5.77. The van der Waals surface area contributed by atoms with Crippen molar-refractivity contribution in [3.63, 3.8) is 0 Å². The Labute approximate surface area is 74.2 Å². The minimum atomic E-state index is 1.08. The van der Waals surface area contributed by atoms with Gasteiger partial charge in [0.15, 0.2) is 0 Å². The summed E-state index contributed by atoms with van der Waals surface area (Å²) >= 11 is 0. The lowest BCUT2D eigenvalue weighted by atomic mass is 10.1. The van der Waals surface area contributed by atoms with Crippen molar-refractivity contribution in [3.05, 3.63) is 29.3 Å². The fourth-order valence-corrected chi connectivity index (χ4v) is 1.22. The summed E-state index contributed by atoms with van der Waals surface area (Å²) in [6, 6.07) is 6.41. The van der Waals surface area contributed by atoms with Gasteiger partial charge in [-0.15, -0.1) is 0 Å². The molecule has 1 heteroatoms. The molecular formula is C11H15N. The molecular weight excluding hydrogens is 146 g/mol. The lowest BCUT2D eigenvalue weighted by Crippen LogP contribution is -1.81. The summed E-state index contributed by atoms with van der Waals surface area (Å²) in [4.78, 5) is 4.26. The Kier molecular flexibility index (Phi) is 3.03. The molecule has 0 aliphatic carbocycles. The van der Waals surface area contributed by atoms with Crippen molar-refractivity contribution in [2.45, 2.75) is 27.2 Å². The molecule has 0 N–H and O–H groups in total. The van der Waals surface area contributed by atoms with Gasteiger partial charge in [0.05, 0.1) is 5.69 Å². The second kappa shape index (κ2) is 4.05. The van der Waals surface area contributed by atoms with Crippen LogP contribution >= 0.6 is 0 Å². The molecule has 0 aromatic heterocycles. The molecule has 0 amide bonds. The Morgan fingerprint density at radius 3 is 2.67 bits per heavy atom. The zero-order valence-corrected chi connectivity index (χ0v) is 7.96. The lowest BCUT2D eigenvalue weighted by molar-refractivity contribution is 1.13. The Morgan fingerprint density at radius 2 is 2.17 bits per heavy atom. The maximum Gasteiger partial charge on any atom is 0.0654 e. The van der Waals surface area contributed by atoms with Crippen LogP contribution in [0, 0.1) is 6.92 Å². The first-order valence-corrected chi connectivity index (χ1v) is 4.36. The summed E-state index contributed by atoms with van der Waals surface area (Å²) in [5.74, 6) is 0. The van der Waals surface area contributed by atoms with Gasteiger partial charge in [0.25, 0.3) is 0 Å². The third kappa shape index (κ3) is 1.94. The zero-order chi connectivity index (χ0) is 8.97. The first kappa shape index (κ1) is 8.98. The molecule has 0 saturated heterocycles. The minimum absolute atomic E-state index is 1.08. The molecule has 12 heavy (non-hydrogen) atoms. The normalized spacial score (nSPS) is 10.9. The molecule has 0 heterocycles. The summed E-state index contributed by atoms with van der Waals surface area (Å²) in [6.07, 6.45) is 2.92. The van der Waals surface area contributed by atoms with Crippen LogP contribution in [0.4, 0.5) is 5.69 Å². The largest absolute Gasteiger partial charge is 0.261 e. The smallest absolute Gasteiger partial charge is 0.0654 e. The number of nitrogens with zero attached hydrogens (tertiary/aromatic N) is 1. The van der Waals surface area contributed by atoms with Gasteiger partial charge in [-0.1, -0.05) is 19.1 Å². The average molecular weight is 161 g/mol. The highest BCUT2D eigenvalue weighted by atomic mass is 14.7. The van der Waals surface area contributed by atoms with Gasteiger partial charge in [-0.3, -0.25) is 4.99 Å². The Balaban J connectivity index is 3.03. The molecule has 0 aliphatic rings. The summed E-state index contributed by atoms with van der Waals surface area (Å²) in [7, 11) is 0. The van der Waals surface area contributed by atoms with Crippen LogP contribution in [0.2, 0.25) is 0 Å². The fraction of sp³-hybridized carbons (Fsp3) is 0.364. The molecule has 0 aliphatic heterocycles. The fourth-order valence-electron chi connectivity index (χ4n) is 1.22. The number of rotatable bonds is 2. The molecule has 1 rings (SSSR count). The van der Waals surface area contributed by atoms with Gasteiger partial charge in [-0.05, 0) is 37.5 Å². The Morgan fingerprint density at radius 1 is 1.42 bits per heavy atom. The second-order valence-electron chi connectivity index (χ2n) is 2.86. The molecule has 0 unspecified atom stereocenters. The van der Waals surface area contributed by atoms with Gasteiger partial charge in [0.2, 0.25) is 0 Å². The maximum absolute atomic E-state index is 4.26. The molecule has 0 fully saturated rings. The van der Waals surface area contributed by atoms with Gasteiger partial charge >= 0.3 is 0 Å². The van der Waals surface area contributed by atoms with Crippen molar-refractivity contribution in [2.24, 2.45) is 4.99 Å². The minimum Gasteiger partial charge on any atom is -0.261 e. The number of hydrogen-bond donors (Lipinski definition) is 0. The quantitative estimate of drug-likeness (QED) is 0.590. The van der Waals surface area contributed by atoms with Gasteiger partial charge in [0.1, 0.15) is 0 Å². The third-order valence-corrected chi connectivity index (χ3v) is 1.94. The predicted molar refractivity (Wildman–Crippen MR) is 54.4 cm³/mol. The average Bonchev–Trinajstić information content (AvgIpc) is 2.09. The van der Waals surface area contributed by atoms with Crippen molar-refractivity contribution in [2.75, 3.05) is 0 Å². The Bertz CT molecular complexity index is 287. The summed E-state index contributed by atoms with van der Waals surface area (Å²) < 4.78 is 0. The van der Waals surface area contributed by atoms with E-state index in [-0.39, 0.29) is 0 Å². The molecule has 0 atom stereocenters. The summed E-state index contributed by atoms with van der Waals surface area (Å²) in [5, 5.41) is 0. The molecule has 1 aromatic rings. The van der Waals surface area contributed by atoms with E-state index in [0.717, 1.165) is 12.1 Å². The van der Waals surface area contributed by atoms with Crippen LogP contribution in [0.5, 0.6) is 0 Å². The van der Waals surface area contributed by atoms with E-state index in [9.17, 15) is 0 Å². The highest BCUT2D eigenvalue weighted by molar-refractivity contribution is 5.62. The highest BCUT2D eigenvalue weighted by Gasteiger charge is 1.95. The van der Waals surface area contributed by atoms with Gasteiger partial charge in [-0.25, -0.2) is 0 Å². The van der Waals surface area contributed by atoms with Crippen LogP contribution < -0.4 is 0 Å². The monoisotopic (exact) mass is 161 g/mol. The predicted octanol–water partition coefficient (Wildman–Crippen LogP) is 3.28. The number of hydrogen-bond acceptors (Lipinski definition) is 1. The molecule has 64 valence electrons. The van der Waals surface area contributed by atoms with Crippen molar-refractivity contribution in [3.8, 4) is 0 Å². The standard InChI is InChI=1S/C11H15N/c1-4-10-6-7-11(12-5-2)9(3)8-10/h5-8H,4H2,1-3H3. The highest BCUT2D eigenvalue weighted by Crippen LogP contribution is 2.19. The van der Waals surface area contributed by atoms with Gasteiger partial charge < -0.3 is 0 Å². The van der Waals surface area contributed by atoms with Crippen LogP contribution in [0.3, 0.4) is 0 Å². The van der Waals surface area contributed by atoms with E-state index < -0.39 is 0 Å². The van der Waals surface area contributed by atoms with Gasteiger partial charge in [0, 0.05) is 6.21 Å². The molecule has 0 bridgehead atoms. The lowest BCUT2D eigenvalue weighted by Gasteiger charge is -2.01. The van der Waals surface area contributed by atoms with E-state index in [2.05, 4.69) is 37.0 Å². The molecule has 0 saturated carbocycles. The number of aliphatic imine (C=N–C) groups is 1. The van der Waals surface area contributed by atoms with Crippen molar-refractivity contribution >= 4 is 11.9 Å². The van der Waals surface area contributed by atoms with Crippen molar-refractivity contribution in [1.82, 2.24) is 0 Å². The third-order valence-electron chi connectivity index (χ3n) is 1.94. The van der Waals surface area contributed by atoms with E-state index >= 15 is 0 Å². The van der Waals surface area contributed by atoms with Crippen LogP contribution in [-0.4, -0.2) is 6.21 Å². The van der Waals surface area contributed by atoms with Gasteiger partial charge in [-0.2, -0.15) is 0 Å². The van der Waals surface area contributed by atoms with Crippen LogP contribution in [-0.2, 0) is 6.42 Å². The SMILES string of the molecule is CC=Nc1ccc(CC)cc1C. The number of aryl methyl sites for hydroxylation is 2. The molecule has 1 nitrogen and oxygen atoms in total. The van der Waals surface area contributed by atoms with E-state index in [1.807, 2.05) is 13.1 Å². The molecule has 1 aromatic carbocycles. The van der Waals surface area contributed by atoms with E-state index in [1.54, 1.807) is 0 Å². The van der Waals surface area contributed by atoms with Crippen molar-refractivity contribution in [1.29, 1.82) is 0 Å². The zero-order valence-electron chi connectivity index (χ0n) is 7.96. The molecule has 0 radical (unpaired) electrons. The van der Waals surface area contributed by atoms with Crippen LogP contribution in [0.15, 0.2) is 23.2 Å². The summed E-state index contributed by atoms with van der Waals surface area (Å²) in [6.45, 7) is 6.20. The van der Waals surface area contributed by atoms with E-state index in [1.165, 1.54) is 11.1 Å². The van der Waals surface area contributed by atoms with Crippen molar-refractivity contribution < 1.29 is 0 Å². The maximum atomic E-state index is 4.26. The van der Waals surface area contributed by atoms with E-state index in [0.29, 0.717) is 0 Å². The van der Waals surface area contributed by atoms with Crippen LogP contribution in [0.25, 0.3) is 0 Å². The molecule has 0 spiro atoms. The number of benzene rings is 1. The Hall–Kier alpha value is -1.11. The summed E-state index contributed by atoms with van der Waals surface area (Å²) in [5.41, 5.74) is 3.71. The van der Waals surface area contributed by atoms with E-state index in [4.69, 9.17) is 0 Å². The second-order valence-corrected chi connectivity index (χ2v) is 2.86.